The summed E-state index contributed by atoms with van der Waals surface area (Å²) in [6.07, 6.45) is -0.480. The average molecular weight is 241 g/mol. The fourth-order valence-electron chi connectivity index (χ4n) is 2.01. The van der Waals surface area contributed by atoms with Gasteiger partial charge in [0, 0.05) is 12.2 Å². The van der Waals surface area contributed by atoms with Crippen molar-refractivity contribution in [2.75, 3.05) is 11.9 Å². The molecule has 1 unspecified atom stereocenters. The number of nitrogens with one attached hydrogen (secondary N) is 1. The molecule has 0 amide bonds. The topological polar surface area (TPSA) is 32.3 Å². The third-order valence-corrected chi connectivity index (χ3v) is 3.05. The van der Waals surface area contributed by atoms with Crippen LogP contribution in [0.5, 0.6) is 0 Å². The van der Waals surface area contributed by atoms with Gasteiger partial charge < -0.3 is 10.4 Å². The highest BCUT2D eigenvalue weighted by atomic mass is 16.3. The van der Waals surface area contributed by atoms with Gasteiger partial charge in [-0.1, -0.05) is 48.0 Å². The maximum Gasteiger partial charge on any atom is 0.0962 e. The second-order valence-electron chi connectivity index (χ2n) is 4.63. The van der Waals surface area contributed by atoms with Crippen molar-refractivity contribution < 1.29 is 5.11 Å². The minimum Gasteiger partial charge on any atom is -0.387 e. The van der Waals surface area contributed by atoms with Crippen LogP contribution < -0.4 is 5.32 Å². The van der Waals surface area contributed by atoms with Crippen LogP contribution in [-0.2, 0) is 0 Å². The molecule has 1 atom stereocenters. The van der Waals surface area contributed by atoms with Gasteiger partial charge in [-0.2, -0.15) is 0 Å². The van der Waals surface area contributed by atoms with Crippen LogP contribution in [0.15, 0.2) is 48.5 Å². The van der Waals surface area contributed by atoms with Crippen LogP contribution in [0.4, 0.5) is 5.69 Å². The van der Waals surface area contributed by atoms with Crippen molar-refractivity contribution in [1.82, 2.24) is 0 Å². The Morgan fingerprint density at radius 3 is 2.44 bits per heavy atom. The quantitative estimate of drug-likeness (QED) is 0.859. The zero-order chi connectivity index (χ0) is 13.0. The fourth-order valence-corrected chi connectivity index (χ4v) is 2.01. The number of anilines is 1. The van der Waals surface area contributed by atoms with Gasteiger partial charge in [-0.3, -0.25) is 0 Å². The minimum atomic E-state index is -0.480. The molecule has 2 N–H and O–H groups in total. The number of aliphatic hydroxyl groups is 1. The molecular weight excluding hydrogens is 222 g/mol. The SMILES string of the molecule is Cc1ccc(NCC(O)c2ccccc2)c(C)c1. The van der Waals surface area contributed by atoms with E-state index in [2.05, 4.69) is 37.4 Å². The van der Waals surface area contributed by atoms with Crippen LogP contribution in [0.1, 0.15) is 22.8 Å². The Bertz CT molecular complexity index is 508. The first-order valence-electron chi connectivity index (χ1n) is 6.21. The van der Waals surface area contributed by atoms with Gasteiger partial charge >= 0.3 is 0 Å². The lowest BCUT2D eigenvalue weighted by molar-refractivity contribution is 0.191. The lowest BCUT2D eigenvalue weighted by Crippen LogP contribution is -2.12. The first-order valence-corrected chi connectivity index (χ1v) is 6.21. The number of aryl methyl sites for hydroxylation is 2. The van der Waals surface area contributed by atoms with E-state index in [1.165, 1.54) is 11.1 Å². The highest BCUT2D eigenvalue weighted by Gasteiger charge is 2.07. The lowest BCUT2D eigenvalue weighted by atomic mass is 10.1. The van der Waals surface area contributed by atoms with E-state index in [9.17, 15) is 5.11 Å². The molecule has 2 nitrogen and oxygen atoms in total. The van der Waals surface area contributed by atoms with Gasteiger partial charge in [-0.05, 0) is 31.0 Å². The molecule has 2 aromatic carbocycles. The largest absolute Gasteiger partial charge is 0.387 e. The highest BCUT2D eigenvalue weighted by Crippen LogP contribution is 2.18. The Hall–Kier alpha value is -1.80. The van der Waals surface area contributed by atoms with Crippen molar-refractivity contribution in [3.63, 3.8) is 0 Å². The van der Waals surface area contributed by atoms with Crippen molar-refractivity contribution in [1.29, 1.82) is 0 Å². The van der Waals surface area contributed by atoms with Gasteiger partial charge in [0.05, 0.1) is 6.10 Å². The van der Waals surface area contributed by atoms with Crippen molar-refractivity contribution >= 4 is 5.69 Å². The molecule has 0 aromatic heterocycles. The molecule has 0 saturated heterocycles. The molecule has 0 aliphatic carbocycles. The zero-order valence-electron chi connectivity index (χ0n) is 10.9. The van der Waals surface area contributed by atoms with Crippen molar-refractivity contribution in [3.8, 4) is 0 Å². The van der Waals surface area contributed by atoms with Crippen LogP contribution in [0.3, 0.4) is 0 Å². The lowest BCUT2D eigenvalue weighted by Gasteiger charge is -2.15. The molecule has 0 aliphatic heterocycles. The summed E-state index contributed by atoms with van der Waals surface area (Å²) in [4.78, 5) is 0. The zero-order valence-corrected chi connectivity index (χ0v) is 10.9. The summed E-state index contributed by atoms with van der Waals surface area (Å²) >= 11 is 0. The van der Waals surface area contributed by atoms with Crippen LogP contribution in [0.25, 0.3) is 0 Å². The Labute approximate surface area is 108 Å². The molecule has 0 heterocycles. The third kappa shape index (κ3) is 3.11. The molecule has 2 rings (SSSR count). The van der Waals surface area contributed by atoms with E-state index in [1.807, 2.05) is 30.3 Å². The van der Waals surface area contributed by atoms with E-state index < -0.39 is 6.10 Å². The fraction of sp³-hybridized carbons (Fsp3) is 0.250. The van der Waals surface area contributed by atoms with Gasteiger partial charge in [0.1, 0.15) is 0 Å². The molecule has 0 bridgehead atoms. The molecule has 94 valence electrons. The van der Waals surface area contributed by atoms with E-state index >= 15 is 0 Å². The predicted octanol–water partition coefficient (Wildman–Crippen LogP) is 3.45. The molecule has 0 aliphatic rings. The van der Waals surface area contributed by atoms with E-state index in [-0.39, 0.29) is 0 Å². The van der Waals surface area contributed by atoms with E-state index in [4.69, 9.17) is 0 Å². The summed E-state index contributed by atoms with van der Waals surface area (Å²) in [5.74, 6) is 0. The number of hydrogen-bond acceptors (Lipinski definition) is 2. The second kappa shape index (κ2) is 5.69. The third-order valence-electron chi connectivity index (χ3n) is 3.05. The maximum absolute atomic E-state index is 10.1. The van der Waals surface area contributed by atoms with Crippen molar-refractivity contribution in [3.05, 3.63) is 65.2 Å². The van der Waals surface area contributed by atoms with Gasteiger partial charge in [-0.25, -0.2) is 0 Å². The van der Waals surface area contributed by atoms with Gasteiger partial charge in [0.25, 0.3) is 0 Å². The summed E-state index contributed by atoms with van der Waals surface area (Å²) in [6.45, 7) is 4.67. The first kappa shape index (κ1) is 12.7. The molecule has 2 heteroatoms. The number of benzene rings is 2. The van der Waals surface area contributed by atoms with Crippen LogP contribution in [-0.4, -0.2) is 11.7 Å². The smallest absolute Gasteiger partial charge is 0.0962 e. The molecule has 18 heavy (non-hydrogen) atoms. The predicted molar refractivity (Wildman–Crippen MR) is 75.8 cm³/mol. The van der Waals surface area contributed by atoms with Gasteiger partial charge in [0.2, 0.25) is 0 Å². The maximum atomic E-state index is 10.1. The summed E-state index contributed by atoms with van der Waals surface area (Å²) in [5, 5.41) is 13.4. The highest BCUT2D eigenvalue weighted by molar-refractivity contribution is 5.52. The van der Waals surface area contributed by atoms with E-state index in [0.29, 0.717) is 6.54 Å². The molecule has 0 radical (unpaired) electrons. The van der Waals surface area contributed by atoms with Crippen molar-refractivity contribution in [2.24, 2.45) is 0 Å². The Morgan fingerprint density at radius 2 is 1.78 bits per heavy atom. The average Bonchev–Trinajstić information content (AvgIpc) is 2.38. The Balaban J connectivity index is 1.99. The number of hydrogen-bond donors (Lipinski definition) is 2. The second-order valence-corrected chi connectivity index (χ2v) is 4.63. The van der Waals surface area contributed by atoms with Gasteiger partial charge in [-0.15, -0.1) is 0 Å². The van der Waals surface area contributed by atoms with Crippen LogP contribution in [0, 0.1) is 13.8 Å². The van der Waals surface area contributed by atoms with Crippen LogP contribution in [0.2, 0.25) is 0 Å². The molecule has 2 aromatic rings. The monoisotopic (exact) mass is 241 g/mol. The van der Waals surface area contributed by atoms with Gasteiger partial charge in [0.15, 0.2) is 0 Å². The Kier molecular flexibility index (Phi) is 4.00. The summed E-state index contributed by atoms with van der Waals surface area (Å²) in [5.41, 5.74) is 4.47. The van der Waals surface area contributed by atoms with E-state index in [1.54, 1.807) is 0 Å². The van der Waals surface area contributed by atoms with E-state index in [0.717, 1.165) is 11.3 Å². The summed E-state index contributed by atoms with van der Waals surface area (Å²) in [6, 6.07) is 16.0. The molecule has 0 spiro atoms. The minimum absolute atomic E-state index is 0.480. The number of aliphatic hydroxyl groups excluding tert-OH is 1. The van der Waals surface area contributed by atoms with Crippen molar-refractivity contribution in [2.45, 2.75) is 20.0 Å². The normalized spacial score (nSPS) is 12.2. The number of rotatable bonds is 4. The summed E-state index contributed by atoms with van der Waals surface area (Å²) < 4.78 is 0. The van der Waals surface area contributed by atoms with Crippen LogP contribution >= 0.6 is 0 Å². The summed E-state index contributed by atoms with van der Waals surface area (Å²) in [7, 11) is 0. The molecular formula is C16H19NO. The first-order chi connectivity index (χ1) is 8.66. The standard InChI is InChI=1S/C16H19NO/c1-12-8-9-15(13(2)10-12)17-11-16(18)14-6-4-3-5-7-14/h3-10,16-18H,11H2,1-2H3. The Morgan fingerprint density at radius 1 is 1.06 bits per heavy atom. The molecule has 0 fully saturated rings. The molecule has 0 saturated carbocycles.